The maximum absolute atomic E-state index is 12.6. The molecule has 0 spiro atoms. The molecule has 4 heteroatoms. The Balaban J connectivity index is 1.90. The lowest BCUT2D eigenvalue weighted by atomic mass is 9.77. The van der Waals surface area contributed by atoms with Crippen molar-refractivity contribution in [2.24, 2.45) is 23.7 Å². The first-order chi connectivity index (χ1) is 12.2. The van der Waals surface area contributed by atoms with Crippen molar-refractivity contribution in [2.45, 2.75) is 19.3 Å². The van der Waals surface area contributed by atoms with Crippen molar-refractivity contribution in [3.63, 3.8) is 0 Å². The van der Waals surface area contributed by atoms with E-state index < -0.39 is 5.97 Å². The van der Waals surface area contributed by atoms with Crippen LogP contribution in [0.3, 0.4) is 0 Å². The molecule has 4 atom stereocenters. The third-order valence-electron chi connectivity index (χ3n) is 6.08. The SMILES string of the molecule is COC(=O)C1=C(C(=O)OC)[C@@H]2[C@H]3CC[C@H](C3)[C@@H]2/C1=C\c1ccccc1. The number of hydrogen-bond donors (Lipinski definition) is 0. The van der Waals surface area contributed by atoms with Crippen molar-refractivity contribution in [1.29, 1.82) is 0 Å². The van der Waals surface area contributed by atoms with Gasteiger partial charge in [0.15, 0.2) is 0 Å². The summed E-state index contributed by atoms with van der Waals surface area (Å²) in [6.45, 7) is 0. The van der Waals surface area contributed by atoms with E-state index in [0.717, 1.165) is 24.0 Å². The summed E-state index contributed by atoms with van der Waals surface area (Å²) in [6, 6.07) is 9.94. The highest BCUT2D eigenvalue weighted by molar-refractivity contribution is 6.07. The Kier molecular flexibility index (Phi) is 3.98. The minimum atomic E-state index is -0.434. The largest absolute Gasteiger partial charge is 0.466 e. The fraction of sp³-hybridized carbons (Fsp3) is 0.429. The van der Waals surface area contributed by atoms with Gasteiger partial charge in [0.1, 0.15) is 0 Å². The molecule has 3 aliphatic carbocycles. The van der Waals surface area contributed by atoms with E-state index in [4.69, 9.17) is 9.47 Å². The third kappa shape index (κ3) is 2.43. The molecule has 0 aliphatic heterocycles. The Bertz CT molecular complexity index is 774. The molecule has 2 fully saturated rings. The van der Waals surface area contributed by atoms with Gasteiger partial charge in [-0.15, -0.1) is 0 Å². The first-order valence-electron chi connectivity index (χ1n) is 8.83. The normalized spacial score (nSPS) is 31.4. The Morgan fingerprint density at radius 3 is 2.24 bits per heavy atom. The fourth-order valence-corrected chi connectivity index (χ4v) is 5.22. The fourth-order valence-electron chi connectivity index (χ4n) is 5.22. The van der Waals surface area contributed by atoms with E-state index in [1.54, 1.807) is 0 Å². The molecule has 130 valence electrons. The highest BCUT2D eigenvalue weighted by Gasteiger charge is 2.57. The number of fused-ring (bicyclic) bond motifs is 5. The number of hydrogen-bond acceptors (Lipinski definition) is 4. The number of carbonyl (C=O) groups is 2. The molecular weight excluding hydrogens is 316 g/mol. The van der Waals surface area contributed by atoms with E-state index in [0.29, 0.717) is 23.0 Å². The Morgan fingerprint density at radius 1 is 0.960 bits per heavy atom. The van der Waals surface area contributed by atoms with Crippen molar-refractivity contribution >= 4 is 18.0 Å². The van der Waals surface area contributed by atoms with Gasteiger partial charge < -0.3 is 9.47 Å². The quantitative estimate of drug-likeness (QED) is 0.793. The van der Waals surface area contributed by atoms with Gasteiger partial charge in [-0.25, -0.2) is 9.59 Å². The second-order valence-electron chi connectivity index (χ2n) is 7.17. The average molecular weight is 338 g/mol. The molecule has 0 heterocycles. The lowest BCUT2D eigenvalue weighted by Gasteiger charge is -2.27. The van der Waals surface area contributed by atoms with Crippen LogP contribution in [0.5, 0.6) is 0 Å². The maximum Gasteiger partial charge on any atom is 0.338 e. The van der Waals surface area contributed by atoms with E-state index in [2.05, 4.69) is 6.08 Å². The predicted molar refractivity (Wildman–Crippen MR) is 93.3 cm³/mol. The molecule has 1 aromatic rings. The third-order valence-corrected chi connectivity index (χ3v) is 6.08. The van der Waals surface area contributed by atoms with Gasteiger partial charge in [0.25, 0.3) is 0 Å². The van der Waals surface area contributed by atoms with E-state index in [9.17, 15) is 9.59 Å². The molecule has 4 nitrogen and oxygen atoms in total. The summed E-state index contributed by atoms with van der Waals surface area (Å²) in [5, 5.41) is 0. The number of methoxy groups -OCH3 is 2. The lowest BCUT2D eigenvalue weighted by molar-refractivity contribution is -0.139. The molecule has 0 aromatic heterocycles. The van der Waals surface area contributed by atoms with E-state index in [1.165, 1.54) is 20.6 Å². The lowest BCUT2D eigenvalue weighted by Crippen LogP contribution is -2.24. The van der Waals surface area contributed by atoms with Gasteiger partial charge >= 0.3 is 11.9 Å². The summed E-state index contributed by atoms with van der Waals surface area (Å²) >= 11 is 0. The van der Waals surface area contributed by atoms with Crippen LogP contribution in [0.25, 0.3) is 6.08 Å². The van der Waals surface area contributed by atoms with Crippen LogP contribution >= 0.6 is 0 Å². The topological polar surface area (TPSA) is 52.6 Å². The number of ether oxygens (including phenoxy) is 2. The summed E-state index contributed by atoms with van der Waals surface area (Å²) < 4.78 is 10.1. The van der Waals surface area contributed by atoms with Gasteiger partial charge in [-0.1, -0.05) is 36.4 Å². The molecule has 0 unspecified atom stereocenters. The van der Waals surface area contributed by atoms with Crippen molar-refractivity contribution in [2.75, 3.05) is 14.2 Å². The van der Waals surface area contributed by atoms with Crippen molar-refractivity contribution in [3.05, 3.63) is 52.6 Å². The number of benzene rings is 1. The van der Waals surface area contributed by atoms with Crippen LogP contribution in [0, 0.1) is 23.7 Å². The van der Waals surface area contributed by atoms with Crippen LogP contribution < -0.4 is 0 Å². The van der Waals surface area contributed by atoms with Gasteiger partial charge in [0.2, 0.25) is 0 Å². The Morgan fingerprint density at radius 2 is 1.60 bits per heavy atom. The van der Waals surface area contributed by atoms with E-state index in [1.807, 2.05) is 30.3 Å². The molecular formula is C21H22O4. The van der Waals surface area contributed by atoms with Crippen LogP contribution in [0.2, 0.25) is 0 Å². The van der Waals surface area contributed by atoms with Gasteiger partial charge in [0.05, 0.1) is 25.4 Å². The monoisotopic (exact) mass is 338 g/mol. The predicted octanol–water partition coefficient (Wildman–Crippen LogP) is 3.39. The van der Waals surface area contributed by atoms with E-state index in [-0.39, 0.29) is 17.8 Å². The van der Waals surface area contributed by atoms with Crippen LogP contribution in [0.4, 0.5) is 0 Å². The van der Waals surface area contributed by atoms with Crippen molar-refractivity contribution < 1.29 is 19.1 Å². The zero-order valence-electron chi connectivity index (χ0n) is 14.5. The van der Waals surface area contributed by atoms with Gasteiger partial charge in [-0.3, -0.25) is 0 Å². The zero-order chi connectivity index (χ0) is 17.6. The molecule has 2 bridgehead atoms. The first-order valence-corrected chi connectivity index (χ1v) is 8.83. The zero-order valence-corrected chi connectivity index (χ0v) is 14.5. The molecule has 4 rings (SSSR count). The minimum Gasteiger partial charge on any atom is -0.466 e. The molecule has 25 heavy (non-hydrogen) atoms. The molecule has 0 saturated heterocycles. The summed E-state index contributed by atoms with van der Waals surface area (Å²) in [5.74, 6) is 0.491. The second kappa shape index (κ2) is 6.17. The smallest absolute Gasteiger partial charge is 0.338 e. The maximum atomic E-state index is 12.6. The summed E-state index contributed by atoms with van der Waals surface area (Å²) in [6.07, 6.45) is 5.48. The molecule has 1 aromatic carbocycles. The molecule has 2 saturated carbocycles. The average Bonchev–Trinajstić information content (AvgIpc) is 3.33. The highest BCUT2D eigenvalue weighted by Crippen LogP contribution is 2.62. The summed E-state index contributed by atoms with van der Waals surface area (Å²) in [5.41, 5.74) is 2.96. The molecule has 0 N–H and O–H groups in total. The highest BCUT2D eigenvalue weighted by atomic mass is 16.5. The Hall–Kier alpha value is -2.36. The standard InChI is InChI=1S/C21H22O4/c1-24-20(22)18-15(10-12-6-4-3-5-7-12)16-13-8-9-14(11-13)17(16)19(18)21(23)25-2/h3-7,10,13-14,16-17H,8-9,11H2,1-2H3/b15-10+/t13-,14+,16-,17-/m1/s1. The molecule has 0 amide bonds. The number of rotatable bonds is 3. The molecule has 3 aliphatic rings. The second-order valence-corrected chi connectivity index (χ2v) is 7.17. The van der Waals surface area contributed by atoms with Crippen LogP contribution in [-0.4, -0.2) is 26.2 Å². The van der Waals surface area contributed by atoms with Crippen molar-refractivity contribution in [3.8, 4) is 0 Å². The molecule has 0 radical (unpaired) electrons. The van der Waals surface area contributed by atoms with Crippen LogP contribution in [-0.2, 0) is 19.1 Å². The van der Waals surface area contributed by atoms with Crippen LogP contribution in [0.1, 0.15) is 24.8 Å². The van der Waals surface area contributed by atoms with E-state index >= 15 is 0 Å². The van der Waals surface area contributed by atoms with Crippen molar-refractivity contribution in [1.82, 2.24) is 0 Å². The number of esters is 2. The summed E-state index contributed by atoms with van der Waals surface area (Å²) in [7, 11) is 2.75. The van der Waals surface area contributed by atoms with Gasteiger partial charge in [-0.2, -0.15) is 0 Å². The van der Waals surface area contributed by atoms with Gasteiger partial charge in [0, 0.05) is 5.92 Å². The first kappa shape index (κ1) is 16.1. The van der Waals surface area contributed by atoms with Gasteiger partial charge in [-0.05, 0) is 48.2 Å². The minimum absolute atomic E-state index is 0.0928. The number of carbonyl (C=O) groups excluding carboxylic acids is 2. The van der Waals surface area contributed by atoms with Crippen LogP contribution in [0.15, 0.2) is 47.1 Å². The summed E-state index contributed by atoms with van der Waals surface area (Å²) in [4.78, 5) is 25.1. The Labute approximate surface area is 147 Å².